The maximum Gasteiger partial charge on any atom is 0.237 e. The zero-order valence-electron chi connectivity index (χ0n) is 20.4. The minimum atomic E-state index is 0.0387. The van der Waals surface area contributed by atoms with Gasteiger partial charge in [0.05, 0.1) is 6.04 Å². The van der Waals surface area contributed by atoms with Crippen molar-refractivity contribution >= 4 is 5.91 Å². The average molecular weight is 419 g/mol. The first-order valence-corrected chi connectivity index (χ1v) is 13.4. The molecule has 2 aliphatic carbocycles. The van der Waals surface area contributed by atoms with Gasteiger partial charge in [0.2, 0.25) is 5.91 Å². The minimum Gasteiger partial charge on any atom is -0.352 e. The second kappa shape index (κ2) is 11.3. The zero-order valence-corrected chi connectivity index (χ0v) is 20.4. The minimum absolute atomic E-state index is 0.0387. The SMILES string of the molecule is CC(C)(C)CC1CCCC(NC(=O)C2CCC3(CCCCCCCCCC3)CN2)C1. The van der Waals surface area contributed by atoms with Crippen LogP contribution in [0.25, 0.3) is 0 Å². The Bertz CT molecular complexity index is 501. The summed E-state index contributed by atoms with van der Waals surface area (Å²) in [4.78, 5) is 13.0. The average Bonchev–Trinajstić information content (AvgIpc) is 2.73. The molecule has 0 radical (unpaired) electrons. The van der Waals surface area contributed by atoms with Crippen molar-refractivity contribution in [2.75, 3.05) is 6.54 Å². The van der Waals surface area contributed by atoms with Crippen LogP contribution in [0.3, 0.4) is 0 Å². The van der Waals surface area contributed by atoms with Crippen LogP contribution in [0.1, 0.15) is 130 Å². The number of nitrogens with one attached hydrogen (secondary N) is 2. The molecule has 0 bridgehead atoms. The van der Waals surface area contributed by atoms with Crippen molar-refractivity contribution in [1.29, 1.82) is 0 Å². The van der Waals surface area contributed by atoms with Crippen LogP contribution in [-0.2, 0) is 4.79 Å². The van der Waals surface area contributed by atoms with Crippen molar-refractivity contribution in [3.05, 3.63) is 0 Å². The molecule has 1 saturated heterocycles. The van der Waals surface area contributed by atoms with Crippen LogP contribution >= 0.6 is 0 Å². The third kappa shape index (κ3) is 7.84. The highest BCUT2D eigenvalue weighted by Crippen LogP contribution is 2.40. The highest BCUT2D eigenvalue weighted by Gasteiger charge is 2.37. The zero-order chi connectivity index (χ0) is 21.5. The van der Waals surface area contributed by atoms with Crippen LogP contribution in [0.5, 0.6) is 0 Å². The summed E-state index contributed by atoms with van der Waals surface area (Å²) in [6.07, 6.45) is 22.6. The maximum absolute atomic E-state index is 13.0. The Labute approximate surface area is 186 Å². The number of hydrogen-bond acceptors (Lipinski definition) is 2. The predicted octanol–water partition coefficient (Wildman–Crippen LogP) is 6.75. The van der Waals surface area contributed by atoms with Gasteiger partial charge in [0, 0.05) is 12.6 Å². The predicted molar refractivity (Wildman–Crippen MR) is 128 cm³/mol. The number of carbonyl (C=O) groups is 1. The van der Waals surface area contributed by atoms with Gasteiger partial charge in [0.15, 0.2) is 0 Å². The lowest BCUT2D eigenvalue weighted by atomic mass is 9.71. The van der Waals surface area contributed by atoms with Gasteiger partial charge in [-0.15, -0.1) is 0 Å². The van der Waals surface area contributed by atoms with E-state index >= 15 is 0 Å². The molecular formula is C27H50N2O. The van der Waals surface area contributed by atoms with E-state index in [-0.39, 0.29) is 11.9 Å². The van der Waals surface area contributed by atoms with Gasteiger partial charge in [-0.25, -0.2) is 0 Å². The molecule has 2 N–H and O–H groups in total. The molecule has 2 saturated carbocycles. The highest BCUT2D eigenvalue weighted by atomic mass is 16.2. The van der Waals surface area contributed by atoms with Gasteiger partial charge in [-0.2, -0.15) is 0 Å². The van der Waals surface area contributed by atoms with Gasteiger partial charge >= 0.3 is 0 Å². The maximum atomic E-state index is 13.0. The largest absolute Gasteiger partial charge is 0.352 e. The molecule has 1 amide bonds. The quantitative estimate of drug-likeness (QED) is 0.532. The number of hydrogen-bond donors (Lipinski definition) is 2. The standard InChI is InChI=1S/C27H50N2O/c1-26(2,3)20-22-13-12-14-23(19-22)29-25(30)24-15-18-27(21-28-24)16-10-8-6-4-5-7-9-11-17-27/h22-24,28H,4-21H2,1-3H3,(H,29,30). The summed E-state index contributed by atoms with van der Waals surface area (Å²) in [7, 11) is 0. The van der Waals surface area contributed by atoms with E-state index < -0.39 is 0 Å². The monoisotopic (exact) mass is 418 g/mol. The summed E-state index contributed by atoms with van der Waals surface area (Å²) in [5, 5.41) is 7.15. The Kier molecular flexibility index (Phi) is 9.10. The molecule has 3 aliphatic rings. The molecule has 0 aromatic carbocycles. The number of carbonyl (C=O) groups excluding carboxylic acids is 1. The van der Waals surface area contributed by atoms with E-state index in [0.29, 0.717) is 16.9 Å². The van der Waals surface area contributed by atoms with E-state index in [2.05, 4.69) is 31.4 Å². The number of amides is 1. The topological polar surface area (TPSA) is 41.1 Å². The molecular weight excluding hydrogens is 368 g/mol. The summed E-state index contributed by atoms with van der Waals surface area (Å²) in [6.45, 7) is 8.09. The van der Waals surface area contributed by atoms with Crippen LogP contribution in [0.4, 0.5) is 0 Å². The molecule has 30 heavy (non-hydrogen) atoms. The van der Waals surface area contributed by atoms with Crippen molar-refractivity contribution in [2.45, 2.75) is 142 Å². The van der Waals surface area contributed by atoms with Crippen molar-refractivity contribution in [2.24, 2.45) is 16.7 Å². The van der Waals surface area contributed by atoms with Crippen molar-refractivity contribution < 1.29 is 4.79 Å². The summed E-state index contributed by atoms with van der Waals surface area (Å²) in [5.41, 5.74) is 0.855. The van der Waals surface area contributed by atoms with Crippen LogP contribution in [-0.4, -0.2) is 24.5 Å². The number of piperidine rings is 1. The van der Waals surface area contributed by atoms with Gasteiger partial charge < -0.3 is 10.6 Å². The fourth-order valence-electron chi connectivity index (χ4n) is 6.59. The molecule has 0 aromatic rings. The molecule has 174 valence electrons. The van der Waals surface area contributed by atoms with E-state index in [1.165, 1.54) is 103 Å². The van der Waals surface area contributed by atoms with Crippen LogP contribution in [0.2, 0.25) is 0 Å². The lowest BCUT2D eigenvalue weighted by Crippen LogP contribution is -2.54. The van der Waals surface area contributed by atoms with E-state index in [0.717, 1.165) is 18.9 Å². The molecule has 3 rings (SSSR count). The molecule has 3 unspecified atom stereocenters. The Morgan fingerprint density at radius 2 is 1.50 bits per heavy atom. The summed E-state index contributed by atoms with van der Waals surface area (Å²) in [6, 6.07) is 0.436. The van der Waals surface area contributed by atoms with Gasteiger partial charge in [0.25, 0.3) is 0 Å². The number of rotatable bonds is 3. The van der Waals surface area contributed by atoms with Gasteiger partial charge in [-0.1, -0.05) is 85.0 Å². The van der Waals surface area contributed by atoms with Gasteiger partial charge in [-0.05, 0) is 61.7 Å². The summed E-state index contributed by atoms with van der Waals surface area (Å²) < 4.78 is 0. The van der Waals surface area contributed by atoms with Crippen molar-refractivity contribution in [3.63, 3.8) is 0 Å². The Balaban J connectivity index is 1.45. The fourth-order valence-corrected chi connectivity index (χ4v) is 6.59. The third-order valence-corrected chi connectivity index (χ3v) is 8.20. The van der Waals surface area contributed by atoms with Crippen molar-refractivity contribution in [1.82, 2.24) is 10.6 Å². The van der Waals surface area contributed by atoms with Crippen molar-refractivity contribution in [3.8, 4) is 0 Å². The Morgan fingerprint density at radius 1 is 0.867 bits per heavy atom. The van der Waals surface area contributed by atoms with E-state index in [1.807, 2.05) is 0 Å². The molecule has 3 nitrogen and oxygen atoms in total. The second-order valence-electron chi connectivity index (χ2n) is 12.3. The highest BCUT2D eigenvalue weighted by molar-refractivity contribution is 5.82. The van der Waals surface area contributed by atoms with Crippen LogP contribution in [0.15, 0.2) is 0 Å². The van der Waals surface area contributed by atoms with E-state index in [4.69, 9.17) is 0 Å². The second-order valence-corrected chi connectivity index (χ2v) is 12.3. The molecule has 3 heteroatoms. The van der Waals surface area contributed by atoms with Crippen LogP contribution in [0, 0.1) is 16.7 Å². The van der Waals surface area contributed by atoms with Gasteiger partial charge in [-0.3, -0.25) is 4.79 Å². The summed E-state index contributed by atoms with van der Waals surface area (Å²) >= 11 is 0. The van der Waals surface area contributed by atoms with Crippen LogP contribution < -0.4 is 10.6 Å². The first kappa shape index (κ1) is 24.1. The molecule has 1 aliphatic heterocycles. The molecule has 3 fully saturated rings. The fraction of sp³-hybridized carbons (Fsp3) is 0.963. The molecule has 0 aromatic heterocycles. The summed E-state index contributed by atoms with van der Waals surface area (Å²) in [5.74, 6) is 1.06. The lowest BCUT2D eigenvalue weighted by Gasteiger charge is -2.41. The molecule has 1 heterocycles. The lowest BCUT2D eigenvalue weighted by molar-refractivity contribution is -0.125. The third-order valence-electron chi connectivity index (χ3n) is 8.20. The molecule has 1 spiro atoms. The van der Waals surface area contributed by atoms with Gasteiger partial charge in [0.1, 0.15) is 0 Å². The Hall–Kier alpha value is -0.570. The Morgan fingerprint density at radius 3 is 2.07 bits per heavy atom. The smallest absolute Gasteiger partial charge is 0.237 e. The normalized spacial score (nSPS) is 31.6. The van der Waals surface area contributed by atoms with E-state index in [1.54, 1.807) is 0 Å². The van der Waals surface area contributed by atoms with E-state index in [9.17, 15) is 4.79 Å². The first-order chi connectivity index (χ1) is 14.4. The molecule has 3 atom stereocenters. The first-order valence-electron chi connectivity index (χ1n) is 13.4.